The van der Waals surface area contributed by atoms with Gasteiger partial charge in [-0.15, -0.1) is 0 Å². The zero-order chi connectivity index (χ0) is 18.3. The molecule has 1 aromatic carbocycles. The van der Waals surface area contributed by atoms with Crippen LogP contribution in [0.1, 0.15) is 22.4 Å². The maximum atomic E-state index is 11.9. The lowest BCUT2D eigenvalue weighted by atomic mass is 9.96. The number of nitrogens with zero attached hydrogens (tertiary/aromatic N) is 3. The fraction of sp³-hybridized carbons (Fsp3) is 0.263. The zero-order valence-corrected chi connectivity index (χ0v) is 14.8. The Hall–Kier alpha value is -3.22. The molecule has 1 N–H and O–H groups in total. The van der Waals surface area contributed by atoms with E-state index in [0.717, 1.165) is 34.4 Å². The molecule has 3 heterocycles. The van der Waals surface area contributed by atoms with Crippen LogP contribution in [-0.2, 0) is 6.42 Å². The molecule has 0 bridgehead atoms. The summed E-state index contributed by atoms with van der Waals surface area (Å²) < 4.78 is 11.4. The molecule has 0 saturated carbocycles. The molecule has 0 unspecified atom stereocenters. The molecule has 0 radical (unpaired) electrons. The molecule has 1 aliphatic heterocycles. The highest BCUT2D eigenvalue weighted by atomic mass is 16.5. The third-order valence-electron chi connectivity index (χ3n) is 4.54. The Labute approximate surface area is 150 Å². The third-order valence-corrected chi connectivity index (χ3v) is 4.54. The van der Waals surface area contributed by atoms with Crippen LogP contribution in [0.5, 0.6) is 17.5 Å². The van der Waals surface area contributed by atoms with E-state index >= 15 is 0 Å². The Bertz CT molecular complexity index is 1060. The molecule has 132 valence electrons. The standard InChI is InChI=1S/C19H18N4O3/c1-10-8-13(26-19-15-6-7-25-18(15)20-9-21-19)4-5-14(10)16-11(2)17(24)23-22-12(16)3/h4-5,8-9H,6-7H2,1-3H3,(H,23,24). The van der Waals surface area contributed by atoms with Crippen molar-refractivity contribution in [2.45, 2.75) is 27.2 Å². The molecule has 7 heteroatoms. The number of fused-ring (bicyclic) bond motifs is 1. The zero-order valence-electron chi connectivity index (χ0n) is 14.8. The number of hydrogen-bond donors (Lipinski definition) is 1. The average Bonchev–Trinajstić information content (AvgIpc) is 3.10. The molecule has 0 fully saturated rings. The minimum atomic E-state index is -0.179. The van der Waals surface area contributed by atoms with Crippen molar-refractivity contribution in [3.05, 3.63) is 57.3 Å². The van der Waals surface area contributed by atoms with E-state index in [1.807, 2.05) is 32.0 Å². The first kappa shape index (κ1) is 16.3. The molecule has 2 aromatic heterocycles. The normalized spacial score (nSPS) is 12.6. The van der Waals surface area contributed by atoms with Gasteiger partial charge in [-0.1, -0.05) is 6.07 Å². The van der Waals surface area contributed by atoms with Gasteiger partial charge in [0.2, 0.25) is 11.8 Å². The molecule has 7 nitrogen and oxygen atoms in total. The van der Waals surface area contributed by atoms with Crippen molar-refractivity contribution in [1.29, 1.82) is 0 Å². The number of aryl methyl sites for hydroxylation is 2. The summed E-state index contributed by atoms with van der Waals surface area (Å²) in [5.74, 6) is 1.78. The molecule has 0 spiro atoms. The Morgan fingerprint density at radius 1 is 1.19 bits per heavy atom. The lowest BCUT2D eigenvalue weighted by Gasteiger charge is -2.13. The number of ether oxygens (including phenoxy) is 2. The Morgan fingerprint density at radius 3 is 2.85 bits per heavy atom. The molecule has 0 amide bonds. The van der Waals surface area contributed by atoms with Crippen LogP contribution in [-0.4, -0.2) is 26.8 Å². The maximum absolute atomic E-state index is 11.9. The quantitative estimate of drug-likeness (QED) is 0.781. The van der Waals surface area contributed by atoms with E-state index in [1.54, 1.807) is 6.92 Å². The van der Waals surface area contributed by atoms with Gasteiger partial charge in [-0.05, 0) is 44.0 Å². The predicted molar refractivity (Wildman–Crippen MR) is 95.8 cm³/mol. The van der Waals surface area contributed by atoms with Crippen LogP contribution < -0.4 is 15.0 Å². The van der Waals surface area contributed by atoms with Gasteiger partial charge in [-0.3, -0.25) is 4.79 Å². The third kappa shape index (κ3) is 2.71. The van der Waals surface area contributed by atoms with E-state index in [9.17, 15) is 4.79 Å². The maximum Gasteiger partial charge on any atom is 0.267 e. The number of rotatable bonds is 3. The van der Waals surface area contributed by atoms with Crippen molar-refractivity contribution < 1.29 is 9.47 Å². The second-order valence-corrected chi connectivity index (χ2v) is 6.28. The molecular weight excluding hydrogens is 332 g/mol. The van der Waals surface area contributed by atoms with Crippen molar-refractivity contribution in [1.82, 2.24) is 20.2 Å². The summed E-state index contributed by atoms with van der Waals surface area (Å²) in [4.78, 5) is 20.3. The van der Waals surface area contributed by atoms with E-state index in [1.165, 1.54) is 6.33 Å². The summed E-state index contributed by atoms with van der Waals surface area (Å²) in [6.45, 7) is 6.26. The van der Waals surface area contributed by atoms with Crippen LogP contribution in [0, 0.1) is 20.8 Å². The summed E-state index contributed by atoms with van der Waals surface area (Å²) in [7, 11) is 0. The van der Waals surface area contributed by atoms with Crippen molar-refractivity contribution in [3.63, 3.8) is 0 Å². The largest absolute Gasteiger partial charge is 0.477 e. The fourth-order valence-electron chi connectivity index (χ4n) is 3.20. The van der Waals surface area contributed by atoms with E-state index in [4.69, 9.17) is 9.47 Å². The van der Waals surface area contributed by atoms with Gasteiger partial charge in [-0.25, -0.2) is 15.1 Å². The van der Waals surface area contributed by atoms with Crippen LogP contribution in [0.25, 0.3) is 11.1 Å². The van der Waals surface area contributed by atoms with Crippen molar-refractivity contribution >= 4 is 0 Å². The second kappa shape index (κ2) is 6.25. The molecule has 0 aliphatic carbocycles. The molecule has 1 aliphatic rings. The van der Waals surface area contributed by atoms with E-state index in [2.05, 4.69) is 20.2 Å². The van der Waals surface area contributed by atoms with E-state index < -0.39 is 0 Å². The highest BCUT2D eigenvalue weighted by Gasteiger charge is 2.20. The van der Waals surface area contributed by atoms with Gasteiger partial charge >= 0.3 is 0 Å². The smallest absolute Gasteiger partial charge is 0.267 e. The molecular formula is C19H18N4O3. The summed E-state index contributed by atoms with van der Waals surface area (Å²) in [5, 5.41) is 6.60. The Morgan fingerprint density at radius 2 is 2.04 bits per heavy atom. The first-order chi connectivity index (χ1) is 12.5. The summed E-state index contributed by atoms with van der Waals surface area (Å²) in [6, 6.07) is 5.74. The Balaban J connectivity index is 1.71. The number of aromatic amines is 1. The van der Waals surface area contributed by atoms with Crippen LogP contribution in [0.15, 0.2) is 29.3 Å². The van der Waals surface area contributed by atoms with Crippen LogP contribution >= 0.6 is 0 Å². The number of H-pyrrole nitrogens is 1. The van der Waals surface area contributed by atoms with Crippen LogP contribution in [0.4, 0.5) is 0 Å². The number of nitrogens with one attached hydrogen (secondary N) is 1. The first-order valence-corrected chi connectivity index (χ1v) is 8.36. The average molecular weight is 350 g/mol. The Kier molecular flexibility index (Phi) is 3.91. The minimum absolute atomic E-state index is 0.179. The summed E-state index contributed by atoms with van der Waals surface area (Å²) >= 11 is 0. The summed E-state index contributed by atoms with van der Waals surface area (Å²) in [6.07, 6.45) is 2.18. The number of hydrogen-bond acceptors (Lipinski definition) is 6. The SMILES string of the molecule is Cc1cc(Oc2ncnc3c2CCO3)ccc1-c1c(C)n[nH]c(=O)c1C. The highest BCUT2D eigenvalue weighted by molar-refractivity contribution is 5.72. The molecule has 0 atom stereocenters. The van der Waals surface area contributed by atoms with Gasteiger partial charge < -0.3 is 9.47 Å². The first-order valence-electron chi connectivity index (χ1n) is 8.36. The lowest BCUT2D eigenvalue weighted by Crippen LogP contribution is -2.14. The van der Waals surface area contributed by atoms with E-state index in [-0.39, 0.29) is 5.56 Å². The number of aromatic nitrogens is 4. The lowest BCUT2D eigenvalue weighted by molar-refractivity contribution is 0.344. The minimum Gasteiger partial charge on any atom is -0.477 e. The van der Waals surface area contributed by atoms with Crippen molar-refractivity contribution in [3.8, 4) is 28.6 Å². The van der Waals surface area contributed by atoms with Crippen LogP contribution in [0.3, 0.4) is 0 Å². The topological polar surface area (TPSA) is 90.0 Å². The number of benzene rings is 1. The van der Waals surface area contributed by atoms with Gasteiger partial charge in [-0.2, -0.15) is 5.10 Å². The molecule has 26 heavy (non-hydrogen) atoms. The highest BCUT2D eigenvalue weighted by Crippen LogP contribution is 2.34. The molecule has 4 rings (SSSR count). The fourth-order valence-corrected chi connectivity index (χ4v) is 3.20. The van der Waals surface area contributed by atoms with Crippen molar-refractivity contribution in [2.75, 3.05) is 6.61 Å². The van der Waals surface area contributed by atoms with Gasteiger partial charge in [0.25, 0.3) is 5.56 Å². The van der Waals surface area contributed by atoms with Gasteiger partial charge in [0.1, 0.15) is 12.1 Å². The van der Waals surface area contributed by atoms with Crippen LogP contribution in [0.2, 0.25) is 0 Å². The van der Waals surface area contributed by atoms with Crippen molar-refractivity contribution in [2.24, 2.45) is 0 Å². The summed E-state index contributed by atoms with van der Waals surface area (Å²) in [5.41, 5.74) is 4.95. The van der Waals surface area contributed by atoms with Gasteiger partial charge in [0, 0.05) is 17.5 Å². The van der Waals surface area contributed by atoms with Gasteiger partial charge in [0.15, 0.2) is 0 Å². The van der Waals surface area contributed by atoms with E-state index in [0.29, 0.717) is 29.7 Å². The predicted octanol–water partition coefficient (Wildman–Crippen LogP) is 2.88. The monoisotopic (exact) mass is 350 g/mol. The second-order valence-electron chi connectivity index (χ2n) is 6.28. The molecule has 0 saturated heterocycles. The van der Waals surface area contributed by atoms with Gasteiger partial charge in [0.05, 0.1) is 17.9 Å². The molecule has 3 aromatic rings.